The molecule has 2 amide bonds. The van der Waals surface area contributed by atoms with Gasteiger partial charge in [0.05, 0.1) is 6.42 Å². The predicted molar refractivity (Wildman–Crippen MR) is 80.0 cm³/mol. The number of carbonyl (C=O) groups is 2. The molecule has 0 unspecified atom stereocenters. The molecular weight excluding hydrogens is 252 g/mol. The summed E-state index contributed by atoms with van der Waals surface area (Å²) in [7, 11) is 0. The highest BCUT2D eigenvalue weighted by Gasteiger charge is 2.17. The summed E-state index contributed by atoms with van der Waals surface area (Å²) in [4.78, 5) is 23.3. The van der Waals surface area contributed by atoms with E-state index in [-0.39, 0.29) is 12.3 Å². The Kier molecular flexibility index (Phi) is 7.40. The number of benzene rings is 1. The molecule has 20 heavy (non-hydrogen) atoms. The second kappa shape index (κ2) is 9.13. The number of nitrogens with one attached hydrogen (secondary N) is 1. The molecule has 4 nitrogen and oxygen atoms in total. The zero-order valence-electron chi connectivity index (χ0n) is 12.1. The highest BCUT2D eigenvalue weighted by atomic mass is 16.2. The third kappa shape index (κ3) is 6.36. The van der Waals surface area contributed by atoms with Crippen molar-refractivity contribution < 1.29 is 9.59 Å². The van der Waals surface area contributed by atoms with E-state index in [1.807, 2.05) is 30.3 Å². The fraction of sp³-hybridized carbons (Fsp3) is 0.500. The molecule has 3 N–H and O–H groups in total. The van der Waals surface area contributed by atoms with Crippen molar-refractivity contribution in [2.75, 3.05) is 0 Å². The molecule has 0 bridgehead atoms. The van der Waals surface area contributed by atoms with Gasteiger partial charge in [-0.25, -0.2) is 0 Å². The number of unbranched alkanes of at least 4 members (excludes halogenated alkanes) is 3. The summed E-state index contributed by atoms with van der Waals surface area (Å²) in [6, 6.07) is 8.91. The number of rotatable bonds is 9. The molecular formula is C16H24N2O2. The lowest BCUT2D eigenvalue weighted by molar-refractivity contribution is -0.127. The van der Waals surface area contributed by atoms with Gasteiger partial charge in [0.15, 0.2) is 0 Å². The number of nitrogens with two attached hydrogens (primary N) is 1. The van der Waals surface area contributed by atoms with Gasteiger partial charge in [-0.15, -0.1) is 0 Å². The third-order valence-electron chi connectivity index (χ3n) is 3.23. The first-order valence-electron chi connectivity index (χ1n) is 7.26. The summed E-state index contributed by atoms with van der Waals surface area (Å²) in [6.45, 7) is 2.13. The van der Waals surface area contributed by atoms with Crippen LogP contribution in [0.5, 0.6) is 0 Å². The van der Waals surface area contributed by atoms with Crippen molar-refractivity contribution in [3.05, 3.63) is 35.9 Å². The minimum absolute atomic E-state index is 0.157. The SMILES string of the molecule is CCCCCC[C@H](NC(=O)Cc1ccccc1)C(N)=O. The van der Waals surface area contributed by atoms with Crippen molar-refractivity contribution in [1.29, 1.82) is 0 Å². The van der Waals surface area contributed by atoms with Gasteiger partial charge in [-0.1, -0.05) is 62.9 Å². The van der Waals surface area contributed by atoms with E-state index in [4.69, 9.17) is 5.73 Å². The average molecular weight is 276 g/mol. The van der Waals surface area contributed by atoms with Crippen LogP contribution in [0.15, 0.2) is 30.3 Å². The topological polar surface area (TPSA) is 72.2 Å². The van der Waals surface area contributed by atoms with Crippen LogP contribution >= 0.6 is 0 Å². The summed E-state index contributed by atoms with van der Waals surface area (Å²) in [6.07, 6.45) is 5.16. The van der Waals surface area contributed by atoms with Gasteiger partial charge in [0.1, 0.15) is 6.04 Å². The van der Waals surface area contributed by atoms with E-state index in [1.165, 1.54) is 0 Å². The number of hydrogen-bond acceptors (Lipinski definition) is 2. The Labute approximate surface area is 120 Å². The van der Waals surface area contributed by atoms with Crippen molar-refractivity contribution in [1.82, 2.24) is 5.32 Å². The van der Waals surface area contributed by atoms with Gasteiger partial charge in [-0.05, 0) is 12.0 Å². The Hall–Kier alpha value is -1.84. The second-order valence-electron chi connectivity index (χ2n) is 5.03. The number of hydrogen-bond donors (Lipinski definition) is 2. The number of amides is 2. The van der Waals surface area contributed by atoms with Crippen LogP contribution in [0.3, 0.4) is 0 Å². The molecule has 0 saturated carbocycles. The molecule has 0 aliphatic rings. The van der Waals surface area contributed by atoms with Crippen LogP contribution in [0.4, 0.5) is 0 Å². The Bertz CT molecular complexity index is 418. The molecule has 1 atom stereocenters. The van der Waals surface area contributed by atoms with Gasteiger partial charge in [0.2, 0.25) is 11.8 Å². The monoisotopic (exact) mass is 276 g/mol. The average Bonchev–Trinajstić information content (AvgIpc) is 2.43. The Morgan fingerprint density at radius 2 is 1.85 bits per heavy atom. The molecule has 4 heteroatoms. The highest BCUT2D eigenvalue weighted by Crippen LogP contribution is 2.06. The van der Waals surface area contributed by atoms with Gasteiger partial charge in [-0.3, -0.25) is 9.59 Å². The van der Waals surface area contributed by atoms with Crippen molar-refractivity contribution in [2.24, 2.45) is 5.73 Å². The lowest BCUT2D eigenvalue weighted by Crippen LogP contribution is -2.44. The fourth-order valence-electron chi connectivity index (χ4n) is 2.09. The van der Waals surface area contributed by atoms with Gasteiger partial charge >= 0.3 is 0 Å². The predicted octanol–water partition coefficient (Wildman–Crippen LogP) is 2.17. The summed E-state index contributed by atoms with van der Waals surface area (Å²) >= 11 is 0. The Morgan fingerprint density at radius 1 is 1.15 bits per heavy atom. The fourth-order valence-corrected chi connectivity index (χ4v) is 2.09. The van der Waals surface area contributed by atoms with Crippen molar-refractivity contribution in [3.8, 4) is 0 Å². The van der Waals surface area contributed by atoms with Crippen LogP contribution in [-0.4, -0.2) is 17.9 Å². The smallest absolute Gasteiger partial charge is 0.239 e. The maximum atomic E-state index is 11.9. The first-order chi connectivity index (χ1) is 9.63. The zero-order chi connectivity index (χ0) is 14.8. The van der Waals surface area contributed by atoms with E-state index in [2.05, 4.69) is 12.2 Å². The molecule has 1 aromatic carbocycles. The summed E-state index contributed by atoms with van der Waals surface area (Å²) < 4.78 is 0. The van der Waals surface area contributed by atoms with E-state index >= 15 is 0 Å². The van der Waals surface area contributed by atoms with E-state index in [0.717, 1.165) is 31.2 Å². The van der Waals surface area contributed by atoms with E-state index in [9.17, 15) is 9.59 Å². The summed E-state index contributed by atoms with van der Waals surface area (Å²) in [5.41, 5.74) is 6.27. The first kappa shape index (κ1) is 16.2. The normalized spacial score (nSPS) is 11.8. The zero-order valence-corrected chi connectivity index (χ0v) is 12.1. The minimum Gasteiger partial charge on any atom is -0.368 e. The first-order valence-corrected chi connectivity index (χ1v) is 7.26. The van der Waals surface area contributed by atoms with Crippen LogP contribution < -0.4 is 11.1 Å². The van der Waals surface area contributed by atoms with Gasteiger partial charge in [0.25, 0.3) is 0 Å². The van der Waals surface area contributed by atoms with Crippen LogP contribution in [-0.2, 0) is 16.0 Å². The van der Waals surface area contributed by atoms with Crippen LogP contribution in [0.1, 0.15) is 44.6 Å². The molecule has 0 heterocycles. The molecule has 0 radical (unpaired) electrons. The molecule has 0 aliphatic heterocycles. The van der Waals surface area contributed by atoms with Crippen molar-refractivity contribution in [3.63, 3.8) is 0 Å². The van der Waals surface area contributed by atoms with Crippen LogP contribution in [0.2, 0.25) is 0 Å². The molecule has 0 aromatic heterocycles. The van der Waals surface area contributed by atoms with Gasteiger partial charge in [-0.2, -0.15) is 0 Å². The Balaban J connectivity index is 2.40. The molecule has 1 aromatic rings. The summed E-state index contributed by atoms with van der Waals surface area (Å²) in [5.74, 6) is -0.613. The van der Waals surface area contributed by atoms with Gasteiger partial charge in [0, 0.05) is 0 Å². The maximum absolute atomic E-state index is 11.9. The molecule has 110 valence electrons. The van der Waals surface area contributed by atoms with Crippen molar-refractivity contribution in [2.45, 2.75) is 51.5 Å². The summed E-state index contributed by atoms with van der Waals surface area (Å²) in [5, 5.41) is 2.73. The molecule has 0 spiro atoms. The van der Waals surface area contributed by atoms with Crippen molar-refractivity contribution >= 4 is 11.8 Å². The maximum Gasteiger partial charge on any atom is 0.239 e. The highest BCUT2D eigenvalue weighted by molar-refractivity contribution is 5.87. The molecule has 1 rings (SSSR count). The van der Waals surface area contributed by atoms with Gasteiger partial charge < -0.3 is 11.1 Å². The molecule has 0 aliphatic carbocycles. The number of primary amides is 1. The minimum atomic E-state index is -0.553. The largest absolute Gasteiger partial charge is 0.368 e. The molecule has 0 saturated heterocycles. The Morgan fingerprint density at radius 3 is 2.45 bits per heavy atom. The van der Waals surface area contributed by atoms with E-state index in [0.29, 0.717) is 6.42 Å². The quantitative estimate of drug-likeness (QED) is 0.678. The third-order valence-corrected chi connectivity index (χ3v) is 3.23. The van der Waals surface area contributed by atoms with Crippen LogP contribution in [0, 0.1) is 0 Å². The van der Waals surface area contributed by atoms with E-state index in [1.54, 1.807) is 0 Å². The molecule has 0 fully saturated rings. The second-order valence-corrected chi connectivity index (χ2v) is 5.03. The van der Waals surface area contributed by atoms with E-state index < -0.39 is 11.9 Å². The standard InChI is InChI=1S/C16H24N2O2/c1-2-3-4-8-11-14(16(17)20)18-15(19)12-13-9-6-5-7-10-13/h5-7,9-10,14H,2-4,8,11-12H2,1H3,(H2,17,20)(H,18,19)/t14-/m0/s1. The lowest BCUT2D eigenvalue weighted by atomic mass is 10.1. The lowest BCUT2D eigenvalue weighted by Gasteiger charge is -2.15. The number of carbonyl (C=O) groups excluding carboxylic acids is 2. The van der Waals surface area contributed by atoms with Crippen LogP contribution in [0.25, 0.3) is 0 Å².